The number of benzene rings is 1. The Labute approximate surface area is 419 Å². The first kappa shape index (κ1) is 61.8. The molecule has 2 rings (SSSR count). The molecule has 11 atom stereocenters. The molecule has 0 aromatic heterocycles. The van der Waals surface area contributed by atoms with Crippen LogP contribution in [0.2, 0.25) is 0 Å². The minimum atomic E-state index is -2.06. The number of nitrogens with two attached hydrogens (primary N) is 3. The number of hydrogen-bond acceptors (Lipinski definition) is 16. The summed E-state index contributed by atoms with van der Waals surface area (Å²) in [6.07, 6.45) is -5.59. The lowest BCUT2D eigenvalue weighted by Crippen LogP contribution is -2.62. The van der Waals surface area contributed by atoms with E-state index in [-0.39, 0.29) is 44.6 Å². The van der Waals surface area contributed by atoms with Gasteiger partial charge < -0.3 is 84.9 Å². The first-order valence-electron chi connectivity index (χ1n) is 23.4. The predicted molar refractivity (Wildman–Crippen MR) is 253 cm³/mol. The Morgan fingerprint density at radius 1 is 0.630 bits per heavy atom. The number of hydrogen-bond donors (Lipinski definition) is 15. The van der Waals surface area contributed by atoms with Crippen LogP contribution in [-0.2, 0) is 64.0 Å². The van der Waals surface area contributed by atoms with Crippen molar-refractivity contribution in [2.75, 3.05) is 13.2 Å². The molecule has 406 valence electrons. The van der Waals surface area contributed by atoms with Crippen LogP contribution in [0.3, 0.4) is 0 Å². The van der Waals surface area contributed by atoms with E-state index in [2.05, 4.69) is 37.2 Å². The Hall–Kier alpha value is -7.30. The van der Waals surface area contributed by atoms with Crippen molar-refractivity contribution in [3.8, 4) is 0 Å². The monoisotopic (exact) mass is 1040 g/mol. The molecule has 28 heteroatoms. The van der Waals surface area contributed by atoms with Crippen molar-refractivity contribution in [2.24, 2.45) is 23.1 Å². The highest BCUT2D eigenvalue weighted by Gasteiger charge is 2.41. The summed E-state index contributed by atoms with van der Waals surface area (Å²) in [6.45, 7) is 4.53. The van der Waals surface area contributed by atoms with Crippen LogP contribution in [-0.4, -0.2) is 181 Å². The van der Waals surface area contributed by atoms with Crippen molar-refractivity contribution < 1.29 is 83.1 Å². The Bertz CT molecular complexity index is 2140. The molecule has 1 aliphatic rings. The molecule has 0 bridgehead atoms. The zero-order valence-corrected chi connectivity index (χ0v) is 40.9. The van der Waals surface area contributed by atoms with Gasteiger partial charge in [0, 0.05) is 25.8 Å². The first-order valence-corrected chi connectivity index (χ1v) is 23.4. The Kier molecular flexibility index (Phi) is 25.3. The number of aliphatic hydroxyl groups is 3. The summed E-state index contributed by atoms with van der Waals surface area (Å²) in [6, 6.07) is -6.36. The van der Waals surface area contributed by atoms with Gasteiger partial charge in [-0.15, -0.1) is 0 Å². The van der Waals surface area contributed by atoms with Gasteiger partial charge >= 0.3 is 11.9 Å². The third-order valence-corrected chi connectivity index (χ3v) is 11.4. The van der Waals surface area contributed by atoms with Gasteiger partial charge in [-0.05, 0) is 57.4 Å². The molecular formula is C45H69N11O17. The molecule has 10 amide bonds. The molecule has 0 spiro atoms. The number of amides is 10. The molecule has 0 radical (unpaired) electrons. The Morgan fingerprint density at radius 2 is 1.14 bits per heavy atom. The molecule has 28 nitrogen and oxygen atoms in total. The fourth-order valence-electron chi connectivity index (χ4n) is 7.47. The largest absolute Gasteiger partial charge is 0.481 e. The molecular weight excluding hydrogens is 967 g/mol. The smallest absolute Gasteiger partial charge is 0.328 e. The summed E-state index contributed by atoms with van der Waals surface area (Å²) in [5.74, 6) is -13.6. The zero-order chi connectivity index (χ0) is 55.3. The van der Waals surface area contributed by atoms with Crippen LogP contribution in [0.15, 0.2) is 30.3 Å². The molecule has 0 unspecified atom stereocenters. The number of nitrogens with zero attached hydrogens (tertiary/aromatic N) is 1. The highest BCUT2D eigenvalue weighted by molar-refractivity contribution is 5.99. The Balaban J connectivity index is 2.36. The number of aliphatic carboxylic acids is 2. The molecule has 73 heavy (non-hydrogen) atoms. The van der Waals surface area contributed by atoms with Gasteiger partial charge in [-0.2, -0.15) is 0 Å². The predicted octanol–water partition coefficient (Wildman–Crippen LogP) is -6.17. The third-order valence-electron chi connectivity index (χ3n) is 11.4. The topological polar surface area (TPSA) is 471 Å². The van der Waals surface area contributed by atoms with Crippen LogP contribution >= 0.6 is 0 Å². The van der Waals surface area contributed by atoms with Crippen molar-refractivity contribution in [3.63, 3.8) is 0 Å². The molecule has 1 aromatic carbocycles. The van der Waals surface area contributed by atoms with E-state index in [1.54, 1.807) is 44.2 Å². The second-order valence-corrected chi connectivity index (χ2v) is 18.0. The SMILES string of the molecule is CC(C)C[C@H](NC(=O)[C@@H]1CCCN1C(=O)[C@H](Cc1ccccc1)NC(=O)[C@H](CO)NC(=O)[C@H](CC(=O)O)NC(=O)[C@@H](NC(=O)[C@H](CCC(N)=O)NC(=O)[C@@H](N)CCC(N)=O)[C@@H](C)O)C(=O)N[C@H](C(=O)O)[C@@H](C)O. The summed E-state index contributed by atoms with van der Waals surface area (Å²) in [5.41, 5.74) is 16.6. The van der Waals surface area contributed by atoms with Gasteiger partial charge in [0.25, 0.3) is 0 Å². The average Bonchev–Trinajstić information content (AvgIpc) is 3.81. The van der Waals surface area contributed by atoms with Crippen molar-refractivity contribution >= 4 is 71.0 Å². The molecule has 1 aromatic rings. The quantitative estimate of drug-likeness (QED) is 0.0329. The number of likely N-dealkylation sites (tertiary alicyclic amines) is 1. The number of nitrogens with one attached hydrogen (secondary N) is 7. The third kappa shape index (κ3) is 20.8. The number of aliphatic hydroxyl groups excluding tert-OH is 3. The van der Waals surface area contributed by atoms with Gasteiger partial charge in [0.05, 0.1) is 31.3 Å². The van der Waals surface area contributed by atoms with Crippen molar-refractivity contribution in [1.82, 2.24) is 42.1 Å². The summed E-state index contributed by atoms with van der Waals surface area (Å²) in [4.78, 5) is 156. The van der Waals surface area contributed by atoms with Crippen LogP contribution in [0.5, 0.6) is 0 Å². The van der Waals surface area contributed by atoms with Gasteiger partial charge in [0.15, 0.2) is 6.04 Å². The molecule has 1 aliphatic heterocycles. The molecule has 1 saturated heterocycles. The number of primary amides is 2. The van der Waals surface area contributed by atoms with Crippen molar-refractivity contribution in [1.29, 1.82) is 0 Å². The number of carboxylic acids is 2. The van der Waals surface area contributed by atoms with E-state index in [1.165, 1.54) is 4.90 Å². The van der Waals surface area contributed by atoms with E-state index in [1.807, 2.05) is 0 Å². The fraction of sp³-hybridized carbons (Fsp3) is 0.600. The van der Waals surface area contributed by atoms with Crippen molar-refractivity contribution in [3.05, 3.63) is 35.9 Å². The lowest BCUT2D eigenvalue weighted by molar-refractivity contribution is -0.146. The lowest BCUT2D eigenvalue weighted by atomic mass is 10.0. The Morgan fingerprint density at radius 3 is 1.67 bits per heavy atom. The molecule has 1 fully saturated rings. The van der Waals surface area contributed by atoms with Crippen LogP contribution < -0.4 is 54.4 Å². The van der Waals surface area contributed by atoms with Gasteiger partial charge in [0.1, 0.15) is 42.3 Å². The second-order valence-electron chi connectivity index (χ2n) is 18.0. The van der Waals surface area contributed by atoms with Crippen molar-refractivity contribution in [2.45, 2.75) is 152 Å². The number of carbonyl (C=O) groups excluding carboxylic acids is 10. The molecule has 1 heterocycles. The number of rotatable bonds is 31. The summed E-state index contributed by atoms with van der Waals surface area (Å²) in [7, 11) is 0. The highest BCUT2D eigenvalue weighted by Crippen LogP contribution is 2.21. The van der Waals surface area contributed by atoms with Crippen LogP contribution in [0.4, 0.5) is 0 Å². The standard InChI is InChI=1S/C45H69N11O17/c1-21(2)17-27(40(67)55-36(23(4)59)45(72)73)50-42(69)31-11-8-16-56(31)44(71)29(18-24-9-6-5-7-10-24)52-41(68)30(20-57)53-39(66)28(19-34(62)63)51-43(70)35(22(3)58)54-38(65)26(13-15-33(48)61)49-37(64)25(46)12-14-32(47)60/h5-7,9-10,21-23,25-31,35-36,57-59H,8,11-20,46H2,1-4H3,(H2,47,60)(H2,48,61)(H,49,64)(H,50,69)(H,51,70)(H,52,68)(H,53,66)(H,54,65)(H,55,67)(H,62,63)(H,72,73)/t22-,23-,25+,26+,27+,28+,29+,30+,31+,35+,36+/m1/s1. The highest BCUT2D eigenvalue weighted by atomic mass is 16.4. The summed E-state index contributed by atoms with van der Waals surface area (Å²) in [5, 5.41) is 65.8. The summed E-state index contributed by atoms with van der Waals surface area (Å²) >= 11 is 0. The van der Waals surface area contributed by atoms with E-state index in [0.29, 0.717) is 12.0 Å². The van der Waals surface area contributed by atoms with Crippen LogP contribution in [0.1, 0.15) is 84.6 Å². The van der Waals surface area contributed by atoms with Crippen LogP contribution in [0, 0.1) is 5.92 Å². The minimum Gasteiger partial charge on any atom is -0.481 e. The maximum atomic E-state index is 14.4. The summed E-state index contributed by atoms with van der Waals surface area (Å²) < 4.78 is 0. The fourth-order valence-corrected chi connectivity index (χ4v) is 7.47. The maximum absolute atomic E-state index is 14.4. The minimum absolute atomic E-state index is 0.00210. The van der Waals surface area contributed by atoms with E-state index < -0.39 is 163 Å². The molecule has 0 aliphatic carbocycles. The number of carbonyl (C=O) groups is 12. The average molecular weight is 1040 g/mol. The lowest BCUT2D eigenvalue weighted by Gasteiger charge is -2.31. The van der Waals surface area contributed by atoms with Gasteiger partial charge in [-0.1, -0.05) is 44.2 Å². The molecule has 0 saturated carbocycles. The van der Waals surface area contributed by atoms with Crippen LogP contribution in [0.25, 0.3) is 0 Å². The van der Waals surface area contributed by atoms with E-state index in [0.717, 1.165) is 13.8 Å². The zero-order valence-electron chi connectivity index (χ0n) is 40.9. The van der Waals surface area contributed by atoms with Gasteiger partial charge in [-0.3, -0.25) is 52.7 Å². The second kappa shape index (κ2) is 29.9. The van der Waals surface area contributed by atoms with E-state index in [9.17, 15) is 83.1 Å². The van der Waals surface area contributed by atoms with E-state index >= 15 is 0 Å². The van der Waals surface area contributed by atoms with Gasteiger partial charge in [-0.25, -0.2) is 4.79 Å². The first-order chi connectivity index (χ1) is 34.2. The number of carboxylic acid groups (broad SMARTS) is 2. The van der Waals surface area contributed by atoms with E-state index in [4.69, 9.17) is 17.2 Å². The van der Waals surface area contributed by atoms with Gasteiger partial charge in [0.2, 0.25) is 59.1 Å². The molecule has 18 N–H and O–H groups in total. The maximum Gasteiger partial charge on any atom is 0.328 e. The normalized spacial score (nSPS) is 17.3.